The maximum absolute atomic E-state index is 12.1. The number of Topliss-reactive ketones (excluding diaryl/α,β-unsaturated/α-hetero) is 2. The van der Waals surface area contributed by atoms with E-state index >= 15 is 0 Å². The van der Waals surface area contributed by atoms with Crippen molar-refractivity contribution in [3.8, 4) is 22.5 Å². The van der Waals surface area contributed by atoms with Gasteiger partial charge in [0.15, 0.2) is 11.6 Å². The number of fused-ring (bicyclic) bond motifs is 6. The van der Waals surface area contributed by atoms with Crippen molar-refractivity contribution in [2.45, 2.75) is 26.9 Å². The number of hydrogen-bond acceptors (Lipinski definition) is 6. The van der Waals surface area contributed by atoms with Crippen molar-refractivity contribution >= 4 is 77.9 Å². The molecule has 8 rings (SSSR count). The van der Waals surface area contributed by atoms with E-state index in [1.54, 1.807) is 13.8 Å². The number of pyridine rings is 2. The van der Waals surface area contributed by atoms with Crippen molar-refractivity contribution in [2.24, 2.45) is 0 Å². The van der Waals surface area contributed by atoms with Crippen LogP contribution < -0.4 is 0 Å². The zero-order chi connectivity index (χ0) is 29.9. The number of aromatic nitrogens is 4. The minimum absolute atomic E-state index is 0.0609. The third-order valence-corrected chi connectivity index (χ3v) is 10.4. The van der Waals surface area contributed by atoms with E-state index in [0.29, 0.717) is 13.1 Å². The predicted molar refractivity (Wildman–Crippen MR) is 181 cm³/mol. The lowest BCUT2D eigenvalue weighted by Gasteiger charge is -2.14. The Morgan fingerprint density at radius 3 is 1.45 bits per heavy atom. The molecule has 2 aromatic carbocycles. The van der Waals surface area contributed by atoms with E-state index in [2.05, 4.69) is 69.8 Å². The highest BCUT2D eigenvalue weighted by atomic mass is 32.1. The van der Waals surface area contributed by atoms with Crippen molar-refractivity contribution in [1.82, 2.24) is 19.1 Å². The van der Waals surface area contributed by atoms with Gasteiger partial charge in [0.25, 0.3) is 0 Å². The number of aryl methyl sites for hydroxylation is 2. The van der Waals surface area contributed by atoms with Crippen LogP contribution in [0, 0.1) is 0 Å². The first-order valence-electron chi connectivity index (χ1n) is 14.4. The number of carbonyl (C=O) groups excluding carboxylic acids is 2. The molecule has 0 unspecified atom stereocenters. The second kappa shape index (κ2) is 10.4. The highest BCUT2D eigenvalue weighted by molar-refractivity contribution is 7.12. The number of rotatable bonds is 7. The summed E-state index contributed by atoms with van der Waals surface area (Å²) >= 11 is 2.92. The molecule has 44 heavy (non-hydrogen) atoms. The van der Waals surface area contributed by atoms with Gasteiger partial charge >= 0.3 is 0 Å². The number of nitrogens with zero attached hydrogens (tertiary/aromatic N) is 4. The number of thiophene rings is 2. The number of carbonyl (C=O) groups is 2. The van der Waals surface area contributed by atoms with Gasteiger partial charge in [0, 0.05) is 79.9 Å². The van der Waals surface area contributed by atoms with Gasteiger partial charge in [0.1, 0.15) is 0 Å². The summed E-state index contributed by atoms with van der Waals surface area (Å²) in [7, 11) is 0. The molecule has 0 saturated heterocycles. The SMILES string of the molecule is CC(=O)c1cc(-c2nccc3c4ccccc4n(CCn4c5ccccc5c5ccnc(-c6csc(C(C)=O)c6)c54)c23)cs1. The summed E-state index contributed by atoms with van der Waals surface area (Å²) in [5, 5.41) is 8.69. The Bertz CT molecular complexity index is 2250. The second-order valence-electron chi connectivity index (χ2n) is 11.0. The van der Waals surface area contributed by atoms with Crippen LogP contribution in [0.15, 0.2) is 96.0 Å². The molecule has 6 heterocycles. The zero-order valence-electron chi connectivity index (χ0n) is 24.1. The Balaban J connectivity index is 1.33. The molecule has 6 aromatic heterocycles. The van der Waals surface area contributed by atoms with Crippen molar-refractivity contribution in [3.05, 3.63) is 106 Å². The van der Waals surface area contributed by atoms with Crippen LogP contribution >= 0.6 is 22.7 Å². The third kappa shape index (κ3) is 4.13. The van der Waals surface area contributed by atoms with E-state index in [1.807, 2.05) is 35.3 Å². The lowest BCUT2D eigenvalue weighted by atomic mass is 10.1. The predicted octanol–water partition coefficient (Wildman–Crippen LogP) is 9.25. The van der Waals surface area contributed by atoms with Crippen LogP contribution in [0.2, 0.25) is 0 Å². The lowest BCUT2D eigenvalue weighted by Crippen LogP contribution is -2.08. The summed E-state index contributed by atoms with van der Waals surface area (Å²) in [6.07, 6.45) is 3.72. The topological polar surface area (TPSA) is 69.8 Å². The summed E-state index contributed by atoms with van der Waals surface area (Å²) < 4.78 is 4.74. The van der Waals surface area contributed by atoms with Gasteiger partial charge in [0.05, 0.1) is 32.2 Å². The molecule has 0 radical (unpaired) electrons. The van der Waals surface area contributed by atoms with Crippen LogP contribution in [-0.2, 0) is 13.1 Å². The smallest absolute Gasteiger partial charge is 0.169 e. The van der Waals surface area contributed by atoms with Crippen molar-refractivity contribution < 1.29 is 9.59 Å². The quantitative estimate of drug-likeness (QED) is 0.169. The first-order chi connectivity index (χ1) is 21.5. The van der Waals surface area contributed by atoms with Crippen LogP contribution in [0.4, 0.5) is 0 Å². The van der Waals surface area contributed by atoms with Crippen LogP contribution in [0.3, 0.4) is 0 Å². The standard InChI is InChI=1S/C36H26N4O2S2/c1-21(41)31-17-23(19-43-31)33-35-27(11-13-37-33)25-7-3-5-9-29(25)39(35)15-16-40-30-10-6-4-8-26(30)28-12-14-38-34(36(28)40)24-18-32(22(2)42)44-20-24/h3-14,17-20H,15-16H2,1-2H3. The Kier molecular flexibility index (Phi) is 6.29. The van der Waals surface area contributed by atoms with Gasteiger partial charge in [-0.1, -0.05) is 36.4 Å². The van der Waals surface area contributed by atoms with Crippen molar-refractivity contribution in [2.75, 3.05) is 0 Å². The molecule has 8 aromatic rings. The van der Waals surface area contributed by atoms with E-state index in [0.717, 1.165) is 65.1 Å². The van der Waals surface area contributed by atoms with E-state index in [-0.39, 0.29) is 11.6 Å². The van der Waals surface area contributed by atoms with Gasteiger partial charge in [-0.25, -0.2) is 0 Å². The Morgan fingerprint density at radius 1 is 0.614 bits per heavy atom. The number of para-hydroxylation sites is 2. The molecule has 0 fully saturated rings. The van der Waals surface area contributed by atoms with E-state index in [4.69, 9.17) is 9.97 Å². The summed E-state index contributed by atoms with van der Waals surface area (Å²) in [4.78, 5) is 35.4. The maximum Gasteiger partial charge on any atom is 0.169 e. The fraction of sp³-hybridized carbons (Fsp3) is 0.111. The molecule has 8 heteroatoms. The van der Waals surface area contributed by atoms with Gasteiger partial charge in [-0.05, 0) is 50.2 Å². The molecule has 0 bridgehead atoms. The van der Waals surface area contributed by atoms with Crippen LogP contribution in [0.25, 0.3) is 66.1 Å². The highest BCUT2D eigenvalue weighted by Gasteiger charge is 2.20. The summed E-state index contributed by atoms with van der Waals surface area (Å²) in [6.45, 7) is 4.59. The first-order valence-corrected chi connectivity index (χ1v) is 16.2. The molecule has 0 aliphatic carbocycles. The normalized spacial score (nSPS) is 11.8. The largest absolute Gasteiger partial charge is 0.337 e. The van der Waals surface area contributed by atoms with E-state index < -0.39 is 0 Å². The summed E-state index contributed by atoms with van der Waals surface area (Å²) in [5.74, 6) is 0.122. The Hall–Kier alpha value is -4.92. The number of hydrogen-bond donors (Lipinski definition) is 0. The van der Waals surface area contributed by atoms with Crippen LogP contribution in [-0.4, -0.2) is 30.7 Å². The maximum atomic E-state index is 12.1. The summed E-state index contributed by atoms with van der Waals surface area (Å²) in [6, 6.07) is 25.1. The van der Waals surface area contributed by atoms with E-state index in [9.17, 15) is 9.59 Å². The molecule has 214 valence electrons. The summed E-state index contributed by atoms with van der Waals surface area (Å²) in [5.41, 5.74) is 8.07. The third-order valence-electron chi connectivity index (χ3n) is 8.35. The average molecular weight is 611 g/mol. The van der Waals surface area contributed by atoms with Gasteiger partial charge in [-0.3, -0.25) is 19.6 Å². The Labute approximate surface area is 260 Å². The van der Waals surface area contributed by atoms with E-state index in [1.165, 1.54) is 33.4 Å². The average Bonchev–Trinajstić information content (AvgIpc) is 3.84. The lowest BCUT2D eigenvalue weighted by molar-refractivity contribution is 0.101. The van der Waals surface area contributed by atoms with Crippen LogP contribution in [0.5, 0.6) is 0 Å². The fourth-order valence-electron chi connectivity index (χ4n) is 6.38. The molecule has 6 nitrogen and oxygen atoms in total. The van der Waals surface area contributed by atoms with Crippen molar-refractivity contribution in [3.63, 3.8) is 0 Å². The molecule has 0 atom stereocenters. The number of ketones is 2. The zero-order valence-corrected chi connectivity index (χ0v) is 25.7. The van der Waals surface area contributed by atoms with Gasteiger partial charge < -0.3 is 9.13 Å². The van der Waals surface area contributed by atoms with Crippen LogP contribution in [0.1, 0.15) is 33.2 Å². The monoisotopic (exact) mass is 610 g/mol. The van der Waals surface area contributed by atoms with Crippen molar-refractivity contribution in [1.29, 1.82) is 0 Å². The Morgan fingerprint density at radius 2 is 1.05 bits per heavy atom. The molecular formula is C36H26N4O2S2. The molecular weight excluding hydrogens is 585 g/mol. The minimum atomic E-state index is 0.0609. The molecule has 0 N–H and O–H groups in total. The molecule has 0 saturated carbocycles. The number of benzene rings is 2. The highest BCUT2D eigenvalue weighted by Crippen LogP contribution is 2.39. The molecule has 0 aliphatic rings. The molecule has 0 aliphatic heterocycles. The molecule has 0 spiro atoms. The fourth-order valence-corrected chi connectivity index (χ4v) is 7.97. The first kappa shape index (κ1) is 26.7. The second-order valence-corrected chi connectivity index (χ2v) is 12.8. The molecule has 0 amide bonds. The van der Waals surface area contributed by atoms with Gasteiger partial charge in [-0.2, -0.15) is 0 Å². The minimum Gasteiger partial charge on any atom is -0.337 e. The van der Waals surface area contributed by atoms with Gasteiger partial charge in [-0.15, -0.1) is 22.7 Å². The van der Waals surface area contributed by atoms with Gasteiger partial charge in [0.2, 0.25) is 0 Å².